The molecule has 1 aromatic carbocycles. The summed E-state index contributed by atoms with van der Waals surface area (Å²) in [6.07, 6.45) is -0.891. The van der Waals surface area contributed by atoms with Crippen molar-refractivity contribution in [3.63, 3.8) is 0 Å². The zero-order chi connectivity index (χ0) is 12.8. The van der Waals surface area contributed by atoms with Crippen LogP contribution in [0.4, 0.5) is 4.79 Å². The van der Waals surface area contributed by atoms with E-state index >= 15 is 0 Å². The molecule has 0 atom stereocenters. The first-order chi connectivity index (χ1) is 8.00. The van der Waals surface area contributed by atoms with Gasteiger partial charge in [-0.15, -0.1) is 0 Å². The second kappa shape index (κ2) is 5.74. The van der Waals surface area contributed by atoms with Gasteiger partial charge in [-0.05, 0) is 19.1 Å². The van der Waals surface area contributed by atoms with Crippen molar-refractivity contribution in [2.75, 3.05) is 13.2 Å². The molecule has 92 valence electrons. The summed E-state index contributed by atoms with van der Waals surface area (Å²) in [5.74, 6) is -0.525. The van der Waals surface area contributed by atoms with Gasteiger partial charge in [0.05, 0.1) is 12.1 Å². The summed E-state index contributed by atoms with van der Waals surface area (Å²) in [7, 11) is 0. The number of aryl methyl sites for hydroxylation is 1. The summed E-state index contributed by atoms with van der Waals surface area (Å²) in [6.45, 7) is 1.94. The summed E-state index contributed by atoms with van der Waals surface area (Å²) in [4.78, 5) is 21.9. The maximum absolute atomic E-state index is 11.6. The molecule has 6 nitrogen and oxygen atoms in total. The van der Waals surface area contributed by atoms with E-state index in [2.05, 4.69) is 10.1 Å². The van der Waals surface area contributed by atoms with Gasteiger partial charge in [0.1, 0.15) is 12.4 Å². The lowest BCUT2D eigenvalue weighted by molar-refractivity contribution is 0.0934. The second-order valence-electron chi connectivity index (χ2n) is 3.44. The number of primary amides is 1. The molecule has 0 aliphatic carbocycles. The maximum Gasteiger partial charge on any atom is 0.404 e. The van der Waals surface area contributed by atoms with Crippen LogP contribution in [-0.4, -0.2) is 30.3 Å². The van der Waals surface area contributed by atoms with Crippen LogP contribution in [0.5, 0.6) is 5.75 Å². The minimum atomic E-state index is -0.891. The number of rotatable bonds is 4. The number of aromatic hydroxyl groups is 1. The number of hydrogen-bond donors (Lipinski definition) is 3. The molecule has 0 fully saturated rings. The Kier molecular flexibility index (Phi) is 4.33. The van der Waals surface area contributed by atoms with E-state index in [1.54, 1.807) is 12.1 Å². The van der Waals surface area contributed by atoms with Gasteiger partial charge in [-0.3, -0.25) is 4.79 Å². The molecule has 0 bridgehead atoms. The Balaban J connectivity index is 2.52. The molecule has 2 amide bonds. The lowest BCUT2D eigenvalue weighted by Gasteiger charge is -2.07. The molecule has 0 radical (unpaired) electrons. The standard InChI is InChI=1S/C11H14N2O4/c1-7-2-3-9(14)8(6-7)10(15)13-4-5-17-11(12)16/h2-3,6,14H,4-5H2,1H3,(H2,12,16)(H,13,15). The predicted octanol–water partition coefficient (Wildman–Crippen LogP) is 0.526. The minimum absolute atomic E-state index is 0.00630. The molecule has 0 aromatic heterocycles. The highest BCUT2D eigenvalue weighted by atomic mass is 16.5. The Bertz CT molecular complexity index is 431. The number of phenolic OH excluding ortho intramolecular Hbond substituents is 1. The van der Waals surface area contributed by atoms with Gasteiger partial charge in [0, 0.05) is 0 Å². The van der Waals surface area contributed by atoms with E-state index in [9.17, 15) is 14.7 Å². The molecule has 0 saturated heterocycles. The number of amides is 2. The van der Waals surface area contributed by atoms with Crippen LogP contribution in [0, 0.1) is 6.92 Å². The van der Waals surface area contributed by atoms with E-state index in [-0.39, 0.29) is 24.5 Å². The van der Waals surface area contributed by atoms with E-state index in [1.807, 2.05) is 6.92 Å². The largest absolute Gasteiger partial charge is 0.507 e. The third-order valence-corrected chi connectivity index (χ3v) is 2.03. The number of nitrogens with one attached hydrogen (secondary N) is 1. The first-order valence-electron chi connectivity index (χ1n) is 5.00. The predicted molar refractivity (Wildman–Crippen MR) is 60.7 cm³/mol. The fourth-order valence-corrected chi connectivity index (χ4v) is 1.24. The monoisotopic (exact) mass is 238 g/mol. The lowest BCUT2D eigenvalue weighted by Crippen LogP contribution is -2.29. The average molecular weight is 238 g/mol. The second-order valence-corrected chi connectivity index (χ2v) is 3.44. The summed E-state index contributed by atoms with van der Waals surface area (Å²) in [6, 6.07) is 4.71. The molecule has 0 heterocycles. The van der Waals surface area contributed by atoms with Crippen molar-refractivity contribution < 1.29 is 19.4 Å². The van der Waals surface area contributed by atoms with Gasteiger partial charge in [-0.2, -0.15) is 0 Å². The third kappa shape index (κ3) is 4.02. The fourth-order valence-electron chi connectivity index (χ4n) is 1.24. The quantitative estimate of drug-likeness (QED) is 0.666. The Hall–Kier alpha value is -2.24. The number of carbonyl (C=O) groups is 2. The Morgan fingerprint density at radius 3 is 2.82 bits per heavy atom. The van der Waals surface area contributed by atoms with E-state index in [1.165, 1.54) is 6.07 Å². The van der Waals surface area contributed by atoms with Gasteiger partial charge in [0.25, 0.3) is 5.91 Å². The SMILES string of the molecule is Cc1ccc(O)c(C(=O)NCCOC(N)=O)c1. The third-order valence-electron chi connectivity index (χ3n) is 2.03. The van der Waals surface area contributed by atoms with Crippen LogP contribution in [0.25, 0.3) is 0 Å². The van der Waals surface area contributed by atoms with Crippen molar-refractivity contribution in [1.29, 1.82) is 0 Å². The van der Waals surface area contributed by atoms with E-state index in [4.69, 9.17) is 5.73 Å². The highest BCUT2D eigenvalue weighted by Crippen LogP contribution is 2.17. The normalized spacial score (nSPS) is 9.71. The highest BCUT2D eigenvalue weighted by molar-refractivity contribution is 5.96. The molecular weight excluding hydrogens is 224 g/mol. The van der Waals surface area contributed by atoms with Crippen LogP contribution in [0.2, 0.25) is 0 Å². The summed E-state index contributed by atoms with van der Waals surface area (Å²) in [5, 5.41) is 12.0. The number of nitrogens with two attached hydrogens (primary N) is 1. The van der Waals surface area contributed by atoms with Gasteiger partial charge in [-0.1, -0.05) is 11.6 Å². The van der Waals surface area contributed by atoms with Crippen LogP contribution < -0.4 is 11.1 Å². The minimum Gasteiger partial charge on any atom is -0.507 e. The molecule has 0 aliphatic heterocycles. The number of ether oxygens (including phenoxy) is 1. The van der Waals surface area contributed by atoms with E-state index < -0.39 is 12.0 Å². The average Bonchev–Trinajstić information content (AvgIpc) is 2.27. The first kappa shape index (κ1) is 12.8. The zero-order valence-electron chi connectivity index (χ0n) is 9.40. The maximum atomic E-state index is 11.6. The Labute approximate surface area is 98.4 Å². The van der Waals surface area contributed by atoms with Crippen molar-refractivity contribution >= 4 is 12.0 Å². The van der Waals surface area contributed by atoms with Crippen molar-refractivity contribution in [2.24, 2.45) is 5.73 Å². The van der Waals surface area contributed by atoms with Crippen molar-refractivity contribution in [2.45, 2.75) is 6.92 Å². The molecule has 6 heteroatoms. The van der Waals surface area contributed by atoms with Crippen LogP contribution in [0.1, 0.15) is 15.9 Å². The number of carbonyl (C=O) groups excluding carboxylic acids is 2. The molecule has 0 saturated carbocycles. The molecule has 4 N–H and O–H groups in total. The van der Waals surface area contributed by atoms with E-state index in [0.29, 0.717) is 0 Å². The Morgan fingerprint density at radius 2 is 2.18 bits per heavy atom. The molecular formula is C11H14N2O4. The summed E-state index contributed by atoms with van der Waals surface area (Å²) in [5.41, 5.74) is 5.80. The van der Waals surface area contributed by atoms with Gasteiger partial charge in [0.15, 0.2) is 0 Å². The fraction of sp³-hybridized carbons (Fsp3) is 0.273. The molecule has 1 rings (SSSR count). The van der Waals surface area contributed by atoms with Gasteiger partial charge >= 0.3 is 6.09 Å². The first-order valence-corrected chi connectivity index (χ1v) is 5.00. The molecule has 0 unspecified atom stereocenters. The van der Waals surface area contributed by atoms with E-state index in [0.717, 1.165) is 5.56 Å². The molecule has 17 heavy (non-hydrogen) atoms. The molecule has 0 aliphatic rings. The molecule has 0 spiro atoms. The topological polar surface area (TPSA) is 102 Å². The number of phenols is 1. The van der Waals surface area contributed by atoms with Gasteiger partial charge in [0.2, 0.25) is 0 Å². The number of benzene rings is 1. The van der Waals surface area contributed by atoms with Crippen molar-refractivity contribution in [3.8, 4) is 5.75 Å². The van der Waals surface area contributed by atoms with Gasteiger partial charge < -0.3 is 20.9 Å². The van der Waals surface area contributed by atoms with Crippen LogP contribution in [0.3, 0.4) is 0 Å². The highest BCUT2D eigenvalue weighted by Gasteiger charge is 2.10. The van der Waals surface area contributed by atoms with Gasteiger partial charge in [-0.25, -0.2) is 4.79 Å². The van der Waals surface area contributed by atoms with Crippen molar-refractivity contribution in [3.05, 3.63) is 29.3 Å². The smallest absolute Gasteiger partial charge is 0.404 e. The number of hydrogen-bond acceptors (Lipinski definition) is 4. The van der Waals surface area contributed by atoms with Crippen LogP contribution in [0.15, 0.2) is 18.2 Å². The molecule has 1 aromatic rings. The van der Waals surface area contributed by atoms with Crippen molar-refractivity contribution in [1.82, 2.24) is 5.32 Å². The van der Waals surface area contributed by atoms with Crippen LogP contribution in [-0.2, 0) is 4.74 Å². The summed E-state index contributed by atoms with van der Waals surface area (Å²) >= 11 is 0. The lowest BCUT2D eigenvalue weighted by atomic mass is 10.1. The Morgan fingerprint density at radius 1 is 1.47 bits per heavy atom. The van der Waals surface area contributed by atoms with Crippen LogP contribution >= 0.6 is 0 Å². The summed E-state index contributed by atoms with van der Waals surface area (Å²) < 4.78 is 4.44. The zero-order valence-corrected chi connectivity index (χ0v) is 9.40.